The van der Waals surface area contributed by atoms with Gasteiger partial charge in [-0.2, -0.15) is 0 Å². The minimum Gasteiger partial charge on any atom is -0.504 e. The van der Waals surface area contributed by atoms with Gasteiger partial charge in [0.15, 0.2) is 11.5 Å². The number of carboxylic acids is 1. The van der Waals surface area contributed by atoms with E-state index in [0.29, 0.717) is 5.56 Å². The third-order valence-electron chi connectivity index (χ3n) is 1.71. The molecule has 0 bridgehead atoms. The molecule has 0 saturated heterocycles. The molecule has 14 heavy (non-hydrogen) atoms. The standard InChI is InChI=1S/C9H9BrO4/c1-14-7-4-5(2-3-6(7)11)8(10)9(12)13/h2-4,8,11H,1H3,(H,12,13). The van der Waals surface area contributed by atoms with E-state index in [4.69, 9.17) is 9.84 Å². The van der Waals surface area contributed by atoms with Crippen LogP contribution in [0.4, 0.5) is 0 Å². The number of hydrogen-bond acceptors (Lipinski definition) is 3. The molecule has 1 unspecified atom stereocenters. The number of hydrogen-bond donors (Lipinski definition) is 2. The van der Waals surface area contributed by atoms with Crippen molar-refractivity contribution in [3.8, 4) is 11.5 Å². The molecule has 0 aliphatic heterocycles. The predicted molar refractivity (Wildman–Crippen MR) is 54.0 cm³/mol. The number of methoxy groups -OCH3 is 1. The average molecular weight is 261 g/mol. The number of benzene rings is 1. The lowest BCUT2D eigenvalue weighted by Crippen LogP contribution is -2.04. The zero-order valence-corrected chi connectivity index (χ0v) is 8.98. The molecular weight excluding hydrogens is 252 g/mol. The molecule has 76 valence electrons. The number of rotatable bonds is 3. The number of ether oxygens (including phenoxy) is 1. The molecule has 0 aromatic heterocycles. The summed E-state index contributed by atoms with van der Waals surface area (Å²) < 4.78 is 4.85. The minimum atomic E-state index is -0.988. The Balaban J connectivity index is 3.06. The first-order valence-corrected chi connectivity index (χ1v) is 4.71. The highest BCUT2D eigenvalue weighted by Crippen LogP contribution is 2.31. The zero-order chi connectivity index (χ0) is 10.7. The van der Waals surface area contributed by atoms with Crippen molar-refractivity contribution in [2.75, 3.05) is 7.11 Å². The summed E-state index contributed by atoms with van der Waals surface area (Å²) in [6.07, 6.45) is 0. The van der Waals surface area contributed by atoms with E-state index >= 15 is 0 Å². The van der Waals surface area contributed by atoms with Crippen LogP contribution in [0.25, 0.3) is 0 Å². The molecule has 1 atom stereocenters. The van der Waals surface area contributed by atoms with Crippen LogP contribution in [0.1, 0.15) is 10.4 Å². The molecule has 0 amide bonds. The van der Waals surface area contributed by atoms with Gasteiger partial charge in [-0.3, -0.25) is 4.79 Å². The highest BCUT2D eigenvalue weighted by Gasteiger charge is 2.17. The van der Waals surface area contributed by atoms with E-state index in [2.05, 4.69) is 15.9 Å². The van der Waals surface area contributed by atoms with Crippen molar-refractivity contribution in [2.45, 2.75) is 4.83 Å². The topological polar surface area (TPSA) is 66.8 Å². The van der Waals surface area contributed by atoms with E-state index in [1.807, 2.05) is 0 Å². The Morgan fingerprint density at radius 1 is 1.57 bits per heavy atom. The van der Waals surface area contributed by atoms with Crippen LogP contribution < -0.4 is 4.74 Å². The summed E-state index contributed by atoms with van der Waals surface area (Å²) in [5, 5.41) is 18.0. The van der Waals surface area contributed by atoms with Crippen molar-refractivity contribution < 1.29 is 19.7 Å². The second-order valence-corrected chi connectivity index (χ2v) is 3.55. The number of phenols is 1. The minimum absolute atomic E-state index is 0.0126. The Labute approximate surface area is 89.3 Å². The average Bonchev–Trinajstić information content (AvgIpc) is 2.17. The maximum atomic E-state index is 10.6. The highest BCUT2D eigenvalue weighted by atomic mass is 79.9. The normalized spacial score (nSPS) is 12.1. The van der Waals surface area contributed by atoms with Gasteiger partial charge >= 0.3 is 5.97 Å². The van der Waals surface area contributed by atoms with Crippen LogP contribution in [-0.4, -0.2) is 23.3 Å². The van der Waals surface area contributed by atoms with Gasteiger partial charge in [-0.1, -0.05) is 22.0 Å². The number of phenolic OH excluding ortho intramolecular Hbond substituents is 1. The fourth-order valence-electron chi connectivity index (χ4n) is 0.994. The Kier molecular flexibility index (Phi) is 3.35. The molecule has 0 heterocycles. The van der Waals surface area contributed by atoms with Gasteiger partial charge in [0.25, 0.3) is 0 Å². The van der Waals surface area contributed by atoms with Crippen molar-refractivity contribution in [1.29, 1.82) is 0 Å². The number of carbonyl (C=O) groups is 1. The molecule has 1 aromatic rings. The summed E-state index contributed by atoms with van der Waals surface area (Å²) in [5.41, 5.74) is 0.521. The van der Waals surface area contributed by atoms with Crippen molar-refractivity contribution in [3.63, 3.8) is 0 Å². The molecule has 0 spiro atoms. The molecular formula is C9H9BrO4. The Hall–Kier alpha value is -1.23. The monoisotopic (exact) mass is 260 g/mol. The van der Waals surface area contributed by atoms with E-state index in [0.717, 1.165) is 0 Å². The third-order valence-corrected chi connectivity index (χ3v) is 2.63. The lowest BCUT2D eigenvalue weighted by molar-refractivity contribution is -0.136. The van der Waals surface area contributed by atoms with E-state index in [9.17, 15) is 9.90 Å². The summed E-state index contributed by atoms with van der Waals surface area (Å²) >= 11 is 3.00. The molecule has 0 saturated carbocycles. The Morgan fingerprint density at radius 2 is 2.21 bits per heavy atom. The van der Waals surface area contributed by atoms with Gasteiger partial charge < -0.3 is 14.9 Å². The number of aliphatic carboxylic acids is 1. The summed E-state index contributed by atoms with van der Waals surface area (Å²) in [6.45, 7) is 0. The van der Waals surface area contributed by atoms with E-state index in [-0.39, 0.29) is 11.5 Å². The van der Waals surface area contributed by atoms with E-state index < -0.39 is 10.8 Å². The second-order valence-electron chi connectivity index (χ2n) is 2.63. The van der Waals surface area contributed by atoms with Crippen molar-refractivity contribution in [1.82, 2.24) is 0 Å². The van der Waals surface area contributed by atoms with Gasteiger partial charge in [-0.25, -0.2) is 0 Å². The van der Waals surface area contributed by atoms with Gasteiger partial charge in [-0.05, 0) is 17.7 Å². The molecule has 0 aliphatic carbocycles. The third kappa shape index (κ3) is 2.17. The second kappa shape index (κ2) is 4.32. The van der Waals surface area contributed by atoms with Crippen LogP contribution in [0, 0.1) is 0 Å². The molecule has 0 fully saturated rings. The molecule has 0 radical (unpaired) electrons. The number of halogens is 1. The van der Waals surface area contributed by atoms with Gasteiger partial charge in [0.1, 0.15) is 4.83 Å². The maximum Gasteiger partial charge on any atom is 0.321 e. The van der Waals surface area contributed by atoms with Crippen LogP contribution in [0.2, 0.25) is 0 Å². The molecule has 1 aromatic carbocycles. The number of aromatic hydroxyl groups is 1. The van der Waals surface area contributed by atoms with Gasteiger partial charge in [0, 0.05) is 0 Å². The van der Waals surface area contributed by atoms with E-state index in [1.165, 1.54) is 25.3 Å². The molecule has 2 N–H and O–H groups in total. The fraction of sp³-hybridized carbons (Fsp3) is 0.222. The molecule has 5 heteroatoms. The van der Waals surface area contributed by atoms with Crippen molar-refractivity contribution in [2.24, 2.45) is 0 Å². The van der Waals surface area contributed by atoms with Crippen LogP contribution in [0.3, 0.4) is 0 Å². The lowest BCUT2D eigenvalue weighted by Gasteiger charge is -2.08. The summed E-state index contributed by atoms with van der Waals surface area (Å²) in [4.78, 5) is 9.84. The predicted octanol–water partition coefficient (Wildman–Crippen LogP) is 1.92. The lowest BCUT2D eigenvalue weighted by atomic mass is 10.1. The summed E-state index contributed by atoms with van der Waals surface area (Å²) in [7, 11) is 1.41. The Bertz CT molecular complexity index is 351. The maximum absolute atomic E-state index is 10.6. The summed E-state index contributed by atoms with van der Waals surface area (Å²) in [5.74, 6) is -0.743. The van der Waals surface area contributed by atoms with Crippen LogP contribution >= 0.6 is 15.9 Å². The largest absolute Gasteiger partial charge is 0.504 e. The number of carboxylic acid groups (broad SMARTS) is 1. The SMILES string of the molecule is COc1cc(C(Br)C(=O)O)ccc1O. The first-order valence-electron chi connectivity index (χ1n) is 3.80. The van der Waals surface area contributed by atoms with Crippen LogP contribution in [0.5, 0.6) is 11.5 Å². The number of alkyl halides is 1. The van der Waals surface area contributed by atoms with Gasteiger partial charge in [0.2, 0.25) is 0 Å². The Morgan fingerprint density at radius 3 is 2.71 bits per heavy atom. The molecule has 0 aliphatic rings. The van der Waals surface area contributed by atoms with Crippen molar-refractivity contribution >= 4 is 21.9 Å². The van der Waals surface area contributed by atoms with Crippen LogP contribution in [-0.2, 0) is 4.79 Å². The van der Waals surface area contributed by atoms with Crippen LogP contribution in [0.15, 0.2) is 18.2 Å². The summed E-state index contributed by atoms with van der Waals surface area (Å²) in [6, 6.07) is 4.39. The smallest absolute Gasteiger partial charge is 0.321 e. The fourth-order valence-corrected chi connectivity index (χ4v) is 1.28. The quantitative estimate of drug-likeness (QED) is 0.816. The van der Waals surface area contributed by atoms with Gasteiger partial charge in [0.05, 0.1) is 7.11 Å². The first-order chi connectivity index (χ1) is 6.56. The van der Waals surface area contributed by atoms with Gasteiger partial charge in [-0.15, -0.1) is 0 Å². The van der Waals surface area contributed by atoms with Crippen molar-refractivity contribution in [3.05, 3.63) is 23.8 Å². The highest BCUT2D eigenvalue weighted by molar-refractivity contribution is 9.09. The van der Waals surface area contributed by atoms with E-state index in [1.54, 1.807) is 0 Å². The molecule has 4 nitrogen and oxygen atoms in total. The molecule has 1 rings (SSSR count). The zero-order valence-electron chi connectivity index (χ0n) is 7.40. The first kappa shape index (κ1) is 10.8.